The first-order valence-corrected chi connectivity index (χ1v) is 5.90. The minimum absolute atomic E-state index is 0.236. The SMILES string of the molecule is O=C1C(O)=C(O)C2=Cc3c(O)cc(O)c(O)c3C(=O)C2=C1O. The molecule has 0 aliphatic heterocycles. The topological polar surface area (TPSA) is 156 Å². The lowest BCUT2D eigenvalue weighted by molar-refractivity contribution is -0.117. The van der Waals surface area contributed by atoms with Crippen LogP contribution in [0.15, 0.2) is 34.5 Å². The predicted octanol–water partition coefficient (Wildman–Crippen LogP) is 1.11. The van der Waals surface area contributed by atoms with Crippen LogP contribution in [0.4, 0.5) is 0 Å². The Hall–Kier alpha value is -3.42. The Morgan fingerprint density at radius 2 is 1.36 bits per heavy atom. The second kappa shape index (κ2) is 4.04. The van der Waals surface area contributed by atoms with Gasteiger partial charge in [-0.15, -0.1) is 0 Å². The number of aliphatic hydroxyl groups excluding tert-OH is 3. The number of carbonyl (C=O) groups excluding carboxylic acids is 2. The van der Waals surface area contributed by atoms with E-state index in [4.69, 9.17) is 0 Å². The molecule has 0 unspecified atom stereocenters. The Morgan fingerprint density at radius 1 is 0.727 bits per heavy atom. The van der Waals surface area contributed by atoms with E-state index in [0.717, 1.165) is 12.1 Å². The van der Waals surface area contributed by atoms with Gasteiger partial charge < -0.3 is 30.6 Å². The lowest BCUT2D eigenvalue weighted by atomic mass is 9.81. The highest BCUT2D eigenvalue weighted by molar-refractivity contribution is 6.25. The predicted molar refractivity (Wildman–Crippen MR) is 70.7 cm³/mol. The van der Waals surface area contributed by atoms with E-state index in [2.05, 4.69) is 0 Å². The third kappa shape index (κ3) is 1.46. The summed E-state index contributed by atoms with van der Waals surface area (Å²) >= 11 is 0. The number of allylic oxidation sites excluding steroid dienone is 1. The fraction of sp³-hybridized carbons (Fsp3) is 0. The molecule has 0 saturated heterocycles. The van der Waals surface area contributed by atoms with Crippen LogP contribution in [0.2, 0.25) is 0 Å². The van der Waals surface area contributed by atoms with Crippen molar-refractivity contribution in [2.45, 2.75) is 0 Å². The number of carbonyl (C=O) groups is 2. The van der Waals surface area contributed by atoms with Crippen molar-refractivity contribution in [2.24, 2.45) is 0 Å². The van der Waals surface area contributed by atoms with Crippen LogP contribution in [-0.2, 0) is 4.79 Å². The summed E-state index contributed by atoms with van der Waals surface area (Å²) in [6, 6.07) is 0.779. The van der Waals surface area contributed by atoms with Crippen LogP contribution in [0.5, 0.6) is 17.2 Å². The average Bonchev–Trinajstić information content (AvgIpc) is 2.47. The standard InChI is InChI=1S/C14H8O8/c15-5-2-6(16)10(18)7-3(5)1-4-8(11(7)19)12(20)14(22)13(21)9(4)17/h1-2,15-18,20-21H. The molecule has 3 rings (SSSR count). The monoisotopic (exact) mass is 304 g/mol. The molecule has 112 valence electrons. The number of hydrogen-bond donors (Lipinski definition) is 6. The highest BCUT2D eigenvalue weighted by Gasteiger charge is 2.41. The number of phenolic OH excluding ortho intramolecular Hbond substituents is 3. The molecule has 1 aromatic rings. The van der Waals surface area contributed by atoms with E-state index in [1.807, 2.05) is 0 Å². The van der Waals surface area contributed by atoms with E-state index >= 15 is 0 Å². The lowest BCUT2D eigenvalue weighted by Crippen LogP contribution is -2.25. The lowest BCUT2D eigenvalue weighted by Gasteiger charge is -2.24. The van der Waals surface area contributed by atoms with Crippen LogP contribution in [0.3, 0.4) is 0 Å². The van der Waals surface area contributed by atoms with Crippen LogP contribution in [0.1, 0.15) is 15.9 Å². The molecule has 8 heteroatoms. The van der Waals surface area contributed by atoms with Gasteiger partial charge >= 0.3 is 0 Å². The number of Topliss-reactive ketones (excluding diaryl/α,β-unsaturated/α-hetero) is 2. The van der Waals surface area contributed by atoms with Gasteiger partial charge in [-0.2, -0.15) is 0 Å². The molecule has 22 heavy (non-hydrogen) atoms. The second-order valence-electron chi connectivity index (χ2n) is 4.69. The van der Waals surface area contributed by atoms with Gasteiger partial charge in [0.15, 0.2) is 23.0 Å². The van der Waals surface area contributed by atoms with Gasteiger partial charge in [0, 0.05) is 17.2 Å². The van der Waals surface area contributed by atoms with Crippen LogP contribution < -0.4 is 0 Å². The Kier molecular flexibility index (Phi) is 2.49. The van der Waals surface area contributed by atoms with Crippen molar-refractivity contribution >= 4 is 17.6 Å². The molecule has 1 aromatic carbocycles. The van der Waals surface area contributed by atoms with Crippen molar-refractivity contribution in [1.29, 1.82) is 0 Å². The molecule has 6 N–H and O–H groups in total. The van der Waals surface area contributed by atoms with Gasteiger partial charge in [-0.25, -0.2) is 0 Å². The number of rotatable bonds is 0. The summed E-state index contributed by atoms with van der Waals surface area (Å²) in [5, 5.41) is 57.9. The molecular weight excluding hydrogens is 296 g/mol. The quantitative estimate of drug-likeness (QED) is 0.307. The maximum absolute atomic E-state index is 12.4. The molecule has 2 aliphatic rings. The first-order chi connectivity index (χ1) is 10.3. The number of fused-ring (bicyclic) bond motifs is 2. The normalized spacial score (nSPS) is 17.4. The number of aromatic hydroxyl groups is 3. The number of benzene rings is 1. The summed E-state index contributed by atoms with van der Waals surface area (Å²) in [5.41, 5.74) is -1.80. The number of ketones is 2. The van der Waals surface area contributed by atoms with Gasteiger partial charge in [-0.05, 0) is 6.08 Å². The molecule has 0 saturated carbocycles. The highest BCUT2D eigenvalue weighted by Crippen LogP contribution is 2.46. The van der Waals surface area contributed by atoms with Crippen molar-refractivity contribution in [3.05, 3.63) is 45.6 Å². The third-order valence-corrected chi connectivity index (χ3v) is 3.46. The van der Waals surface area contributed by atoms with Gasteiger partial charge in [-0.3, -0.25) is 9.59 Å². The van der Waals surface area contributed by atoms with E-state index in [9.17, 15) is 40.2 Å². The summed E-state index contributed by atoms with van der Waals surface area (Å²) in [7, 11) is 0. The highest BCUT2D eigenvalue weighted by atomic mass is 16.3. The van der Waals surface area contributed by atoms with Crippen LogP contribution in [-0.4, -0.2) is 42.2 Å². The molecule has 0 heterocycles. The number of aliphatic hydroxyl groups is 3. The summed E-state index contributed by atoms with van der Waals surface area (Å²) in [5.74, 6) is -7.85. The Labute approximate surface area is 121 Å². The molecule has 0 bridgehead atoms. The minimum Gasteiger partial charge on any atom is -0.507 e. The summed E-state index contributed by atoms with van der Waals surface area (Å²) < 4.78 is 0. The van der Waals surface area contributed by atoms with E-state index < -0.39 is 57.2 Å². The van der Waals surface area contributed by atoms with Crippen LogP contribution in [0.25, 0.3) is 6.08 Å². The first-order valence-electron chi connectivity index (χ1n) is 5.90. The smallest absolute Gasteiger partial charge is 0.266 e. The van der Waals surface area contributed by atoms with Crippen molar-refractivity contribution < 1.29 is 40.2 Å². The summed E-state index contributed by atoms with van der Waals surface area (Å²) in [4.78, 5) is 23.9. The molecule has 0 atom stereocenters. The maximum atomic E-state index is 12.4. The van der Waals surface area contributed by atoms with Crippen molar-refractivity contribution in [2.75, 3.05) is 0 Å². The first kappa shape index (κ1) is 13.6. The van der Waals surface area contributed by atoms with Gasteiger partial charge in [0.2, 0.25) is 11.5 Å². The Balaban J connectivity index is 2.44. The van der Waals surface area contributed by atoms with E-state index in [1.165, 1.54) is 0 Å². The number of phenols is 3. The van der Waals surface area contributed by atoms with Crippen molar-refractivity contribution in [3.8, 4) is 17.2 Å². The zero-order chi connectivity index (χ0) is 16.3. The van der Waals surface area contributed by atoms with E-state index in [1.54, 1.807) is 0 Å². The number of hydrogen-bond acceptors (Lipinski definition) is 8. The van der Waals surface area contributed by atoms with Crippen molar-refractivity contribution in [3.63, 3.8) is 0 Å². The van der Waals surface area contributed by atoms with E-state index in [-0.39, 0.29) is 11.1 Å². The van der Waals surface area contributed by atoms with Gasteiger partial charge in [0.05, 0.1) is 11.1 Å². The van der Waals surface area contributed by atoms with Gasteiger partial charge in [0.25, 0.3) is 5.78 Å². The molecular formula is C14H8O8. The second-order valence-corrected chi connectivity index (χ2v) is 4.69. The average molecular weight is 304 g/mol. The minimum atomic E-state index is -1.36. The zero-order valence-electron chi connectivity index (χ0n) is 10.7. The fourth-order valence-electron chi connectivity index (χ4n) is 2.38. The fourth-order valence-corrected chi connectivity index (χ4v) is 2.38. The molecule has 0 spiro atoms. The van der Waals surface area contributed by atoms with Gasteiger partial charge in [-0.1, -0.05) is 0 Å². The zero-order valence-corrected chi connectivity index (χ0v) is 10.7. The maximum Gasteiger partial charge on any atom is 0.266 e. The Morgan fingerprint density at radius 3 is 2.00 bits per heavy atom. The molecule has 0 fully saturated rings. The van der Waals surface area contributed by atoms with Crippen LogP contribution >= 0.6 is 0 Å². The summed E-state index contributed by atoms with van der Waals surface area (Å²) in [6.07, 6.45) is 0.995. The third-order valence-electron chi connectivity index (χ3n) is 3.46. The summed E-state index contributed by atoms with van der Waals surface area (Å²) in [6.45, 7) is 0. The van der Waals surface area contributed by atoms with Crippen LogP contribution in [0, 0.1) is 0 Å². The largest absolute Gasteiger partial charge is 0.507 e. The van der Waals surface area contributed by atoms with E-state index in [0.29, 0.717) is 0 Å². The molecule has 2 aliphatic carbocycles. The van der Waals surface area contributed by atoms with Crippen molar-refractivity contribution in [1.82, 2.24) is 0 Å². The Bertz CT molecular complexity index is 869. The molecule has 0 aromatic heterocycles. The van der Waals surface area contributed by atoms with Gasteiger partial charge in [0.1, 0.15) is 5.75 Å². The molecule has 0 radical (unpaired) electrons. The molecule has 0 amide bonds. The molecule has 8 nitrogen and oxygen atoms in total.